The van der Waals surface area contributed by atoms with Crippen LogP contribution in [0.5, 0.6) is 0 Å². The van der Waals surface area contributed by atoms with Crippen LogP contribution < -0.4 is 5.56 Å². The van der Waals surface area contributed by atoms with Gasteiger partial charge in [-0.25, -0.2) is 0 Å². The van der Waals surface area contributed by atoms with Crippen LogP contribution in [0.1, 0.15) is 31.4 Å². The molecule has 96 valence electrons. The molecule has 4 nitrogen and oxygen atoms in total. The van der Waals surface area contributed by atoms with Crippen LogP contribution in [0.25, 0.3) is 5.65 Å². The predicted molar refractivity (Wildman–Crippen MR) is 72.1 cm³/mol. The van der Waals surface area contributed by atoms with Crippen molar-refractivity contribution in [3.63, 3.8) is 0 Å². The van der Waals surface area contributed by atoms with Gasteiger partial charge in [0, 0.05) is 23.9 Å². The maximum Gasteiger partial charge on any atom is 0.256 e. The molecule has 0 unspecified atom stereocenters. The monoisotopic (exact) mass is 245 g/mol. The molecule has 3 heterocycles. The van der Waals surface area contributed by atoms with E-state index in [1.807, 2.05) is 12.3 Å². The van der Waals surface area contributed by atoms with Crippen LogP contribution in [0.4, 0.5) is 0 Å². The van der Waals surface area contributed by atoms with Gasteiger partial charge in [0.05, 0.1) is 0 Å². The maximum atomic E-state index is 11.7. The van der Waals surface area contributed by atoms with Crippen LogP contribution in [0, 0.1) is 0 Å². The van der Waals surface area contributed by atoms with Crippen LogP contribution in [-0.4, -0.2) is 33.9 Å². The minimum Gasteiger partial charge on any atom is -0.343 e. The molecule has 1 aliphatic rings. The van der Waals surface area contributed by atoms with Gasteiger partial charge in [-0.3, -0.25) is 9.20 Å². The van der Waals surface area contributed by atoms with Crippen molar-refractivity contribution in [2.24, 2.45) is 0 Å². The Labute approximate surface area is 106 Å². The van der Waals surface area contributed by atoms with Crippen LogP contribution in [-0.2, 0) is 0 Å². The highest BCUT2D eigenvalue weighted by Gasteiger charge is 2.21. The summed E-state index contributed by atoms with van der Waals surface area (Å²) in [6.07, 6.45) is 4.33. The lowest BCUT2D eigenvalue weighted by molar-refractivity contribution is 0.221. The van der Waals surface area contributed by atoms with Crippen molar-refractivity contribution in [3.05, 3.63) is 40.4 Å². The zero-order valence-electron chi connectivity index (χ0n) is 10.7. The molecule has 18 heavy (non-hydrogen) atoms. The van der Waals surface area contributed by atoms with Crippen molar-refractivity contribution in [1.82, 2.24) is 14.3 Å². The van der Waals surface area contributed by atoms with Crippen LogP contribution in [0.2, 0.25) is 0 Å². The summed E-state index contributed by atoms with van der Waals surface area (Å²) in [6.45, 7) is 5.67. The van der Waals surface area contributed by atoms with E-state index in [1.165, 1.54) is 18.5 Å². The standard InChI is InChI=1S/C14H19N3O/c1-2-16-8-6-11(7-9-16)12-10-17-13(15-12)4-3-5-14(17)18/h3-5,10-11,15H,2,6-9H2,1H3. The number of rotatable bonds is 2. The average Bonchev–Trinajstić information content (AvgIpc) is 2.84. The molecule has 0 atom stereocenters. The number of aromatic amines is 1. The third-order valence-corrected chi connectivity index (χ3v) is 4.01. The zero-order valence-corrected chi connectivity index (χ0v) is 10.7. The Hall–Kier alpha value is -1.55. The summed E-state index contributed by atoms with van der Waals surface area (Å²) in [5, 5.41) is 0. The summed E-state index contributed by atoms with van der Waals surface area (Å²) in [4.78, 5) is 17.6. The average molecular weight is 245 g/mol. The van der Waals surface area contributed by atoms with Gasteiger partial charge >= 0.3 is 0 Å². The molecular weight excluding hydrogens is 226 g/mol. The fourth-order valence-electron chi connectivity index (χ4n) is 2.82. The molecular formula is C14H19N3O. The summed E-state index contributed by atoms with van der Waals surface area (Å²) >= 11 is 0. The number of imidazole rings is 1. The molecule has 0 radical (unpaired) electrons. The van der Waals surface area contributed by atoms with Crippen LogP contribution in [0.3, 0.4) is 0 Å². The SMILES string of the molecule is CCN1CCC(c2cn3c(=O)cccc3[nH]2)CC1. The molecule has 3 rings (SSSR count). The van der Waals surface area contributed by atoms with Gasteiger partial charge in [0.1, 0.15) is 5.65 Å². The van der Waals surface area contributed by atoms with E-state index >= 15 is 0 Å². The second-order valence-corrected chi connectivity index (χ2v) is 5.04. The summed E-state index contributed by atoms with van der Waals surface area (Å²) in [6, 6.07) is 5.36. The minimum atomic E-state index is 0.0426. The molecule has 4 heteroatoms. The summed E-state index contributed by atoms with van der Waals surface area (Å²) in [7, 11) is 0. The van der Waals surface area contributed by atoms with E-state index in [1.54, 1.807) is 16.5 Å². The lowest BCUT2D eigenvalue weighted by Gasteiger charge is -2.30. The number of H-pyrrole nitrogens is 1. The number of aromatic nitrogens is 2. The molecule has 0 saturated carbocycles. The normalized spacial score (nSPS) is 18.5. The largest absolute Gasteiger partial charge is 0.343 e. The fraction of sp³-hybridized carbons (Fsp3) is 0.500. The number of nitrogens with one attached hydrogen (secondary N) is 1. The highest BCUT2D eigenvalue weighted by molar-refractivity contribution is 5.40. The molecule has 1 N–H and O–H groups in total. The number of hydrogen-bond donors (Lipinski definition) is 1. The molecule has 0 bridgehead atoms. The van der Waals surface area contributed by atoms with Crippen molar-refractivity contribution in [2.45, 2.75) is 25.7 Å². The zero-order chi connectivity index (χ0) is 12.5. The van der Waals surface area contributed by atoms with E-state index in [9.17, 15) is 4.79 Å². The Bertz CT molecular complexity index is 590. The first-order valence-electron chi connectivity index (χ1n) is 6.70. The van der Waals surface area contributed by atoms with Crippen molar-refractivity contribution in [3.8, 4) is 0 Å². The van der Waals surface area contributed by atoms with Gasteiger partial charge in [-0.2, -0.15) is 0 Å². The van der Waals surface area contributed by atoms with Crippen molar-refractivity contribution in [1.29, 1.82) is 0 Å². The Morgan fingerprint density at radius 3 is 2.78 bits per heavy atom. The van der Waals surface area contributed by atoms with Crippen LogP contribution in [0.15, 0.2) is 29.2 Å². The summed E-state index contributed by atoms with van der Waals surface area (Å²) in [5.74, 6) is 0.562. The molecule has 1 aliphatic heterocycles. The smallest absolute Gasteiger partial charge is 0.256 e. The van der Waals surface area contributed by atoms with Gasteiger partial charge in [0.15, 0.2) is 0 Å². The molecule has 0 spiro atoms. The highest BCUT2D eigenvalue weighted by Crippen LogP contribution is 2.26. The Morgan fingerprint density at radius 1 is 1.33 bits per heavy atom. The molecule has 1 saturated heterocycles. The van der Waals surface area contributed by atoms with Crippen molar-refractivity contribution in [2.75, 3.05) is 19.6 Å². The van der Waals surface area contributed by atoms with Gasteiger partial charge in [-0.1, -0.05) is 13.0 Å². The number of fused-ring (bicyclic) bond motifs is 1. The van der Waals surface area contributed by atoms with E-state index in [0.29, 0.717) is 5.92 Å². The summed E-state index contributed by atoms with van der Waals surface area (Å²) in [5.41, 5.74) is 2.14. The Kier molecular flexibility index (Phi) is 2.96. The predicted octanol–water partition coefficient (Wildman–Crippen LogP) is 1.83. The highest BCUT2D eigenvalue weighted by atomic mass is 16.1. The van der Waals surface area contributed by atoms with Gasteiger partial charge < -0.3 is 9.88 Å². The third kappa shape index (κ3) is 1.97. The van der Waals surface area contributed by atoms with Gasteiger partial charge in [0.2, 0.25) is 0 Å². The minimum absolute atomic E-state index is 0.0426. The summed E-state index contributed by atoms with van der Waals surface area (Å²) < 4.78 is 1.71. The van der Waals surface area contributed by atoms with E-state index in [0.717, 1.165) is 25.3 Å². The topological polar surface area (TPSA) is 40.5 Å². The van der Waals surface area contributed by atoms with Crippen LogP contribution >= 0.6 is 0 Å². The van der Waals surface area contributed by atoms with Gasteiger partial charge in [-0.05, 0) is 38.5 Å². The number of likely N-dealkylation sites (tertiary alicyclic amines) is 1. The second kappa shape index (κ2) is 4.61. The lowest BCUT2D eigenvalue weighted by Crippen LogP contribution is -2.32. The Balaban J connectivity index is 1.87. The molecule has 0 aromatic carbocycles. The molecule has 0 aliphatic carbocycles. The van der Waals surface area contributed by atoms with Crippen molar-refractivity contribution < 1.29 is 0 Å². The number of hydrogen-bond acceptors (Lipinski definition) is 2. The second-order valence-electron chi connectivity index (χ2n) is 5.04. The molecule has 0 amide bonds. The lowest BCUT2D eigenvalue weighted by atomic mass is 9.94. The molecule has 2 aromatic rings. The molecule has 1 fully saturated rings. The first-order chi connectivity index (χ1) is 8.78. The van der Waals surface area contributed by atoms with Gasteiger partial charge in [0.25, 0.3) is 5.56 Å². The first-order valence-corrected chi connectivity index (χ1v) is 6.70. The third-order valence-electron chi connectivity index (χ3n) is 4.01. The van der Waals surface area contributed by atoms with E-state index in [4.69, 9.17) is 0 Å². The number of pyridine rings is 1. The first kappa shape index (κ1) is 11.5. The van der Waals surface area contributed by atoms with E-state index in [2.05, 4.69) is 16.8 Å². The number of piperidine rings is 1. The Morgan fingerprint density at radius 2 is 2.11 bits per heavy atom. The fourth-order valence-corrected chi connectivity index (χ4v) is 2.82. The van der Waals surface area contributed by atoms with E-state index < -0.39 is 0 Å². The van der Waals surface area contributed by atoms with Crippen molar-refractivity contribution >= 4 is 5.65 Å². The van der Waals surface area contributed by atoms with E-state index in [-0.39, 0.29) is 5.56 Å². The van der Waals surface area contributed by atoms with Gasteiger partial charge in [-0.15, -0.1) is 0 Å². The maximum absolute atomic E-state index is 11.7. The quantitative estimate of drug-likeness (QED) is 0.877. The molecule has 2 aromatic heterocycles. The number of nitrogens with zero attached hydrogens (tertiary/aromatic N) is 2.